The van der Waals surface area contributed by atoms with Crippen LogP contribution in [-0.2, 0) is 6.42 Å². The predicted octanol–water partition coefficient (Wildman–Crippen LogP) is 6.95. The first-order valence-corrected chi connectivity index (χ1v) is 10.3. The highest BCUT2D eigenvalue weighted by Crippen LogP contribution is 2.44. The van der Waals surface area contributed by atoms with Gasteiger partial charge in [-0.3, -0.25) is 0 Å². The molecular formula is C25H28. The summed E-state index contributed by atoms with van der Waals surface area (Å²) in [6.07, 6.45) is 20.6. The van der Waals surface area contributed by atoms with Crippen molar-refractivity contribution in [1.82, 2.24) is 0 Å². The fourth-order valence-electron chi connectivity index (χ4n) is 5.45. The number of rotatable bonds is 3. The maximum atomic E-state index is 2.53. The molecule has 128 valence electrons. The molecule has 1 atom stereocenters. The van der Waals surface area contributed by atoms with Crippen LogP contribution in [0.25, 0.3) is 0 Å². The molecule has 25 heavy (non-hydrogen) atoms. The van der Waals surface area contributed by atoms with E-state index in [1.165, 1.54) is 57.8 Å². The lowest BCUT2D eigenvalue weighted by Gasteiger charge is -2.23. The van der Waals surface area contributed by atoms with Crippen molar-refractivity contribution in [2.75, 3.05) is 0 Å². The second kappa shape index (κ2) is 6.48. The first kappa shape index (κ1) is 15.4. The van der Waals surface area contributed by atoms with Gasteiger partial charge < -0.3 is 0 Å². The van der Waals surface area contributed by atoms with Gasteiger partial charge in [0.2, 0.25) is 0 Å². The van der Waals surface area contributed by atoms with E-state index in [2.05, 4.69) is 42.5 Å². The van der Waals surface area contributed by atoms with Crippen molar-refractivity contribution in [1.29, 1.82) is 0 Å². The Morgan fingerprint density at radius 3 is 2.72 bits per heavy atom. The summed E-state index contributed by atoms with van der Waals surface area (Å²) in [6, 6.07) is 9.25. The van der Waals surface area contributed by atoms with Crippen LogP contribution in [0.3, 0.4) is 0 Å². The number of hydrogen-bond donors (Lipinski definition) is 0. The van der Waals surface area contributed by atoms with Crippen LogP contribution >= 0.6 is 0 Å². The summed E-state index contributed by atoms with van der Waals surface area (Å²) in [5.74, 6) is 0.549. The molecule has 0 radical (unpaired) electrons. The highest BCUT2D eigenvalue weighted by Gasteiger charge is 2.27. The monoisotopic (exact) mass is 328 g/mol. The van der Waals surface area contributed by atoms with Gasteiger partial charge in [0.15, 0.2) is 0 Å². The van der Waals surface area contributed by atoms with Crippen LogP contribution in [0.15, 0.2) is 70.4 Å². The molecule has 0 bridgehead atoms. The van der Waals surface area contributed by atoms with E-state index in [4.69, 9.17) is 0 Å². The Morgan fingerprint density at radius 2 is 1.72 bits per heavy atom. The largest absolute Gasteiger partial charge is 0.0766 e. The minimum absolute atomic E-state index is 0.549. The third-order valence-electron chi connectivity index (χ3n) is 6.76. The van der Waals surface area contributed by atoms with Gasteiger partial charge in [0.05, 0.1) is 0 Å². The first-order valence-electron chi connectivity index (χ1n) is 10.3. The van der Waals surface area contributed by atoms with E-state index in [0.717, 1.165) is 6.42 Å². The van der Waals surface area contributed by atoms with Gasteiger partial charge in [-0.05, 0) is 92.1 Å². The molecule has 0 spiro atoms. The lowest BCUT2D eigenvalue weighted by molar-refractivity contribution is 0.664. The van der Waals surface area contributed by atoms with Crippen LogP contribution < -0.4 is 0 Å². The van der Waals surface area contributed by atoms with Gasteiger partial charge in [0.1, 0.15) is 0 Å². The van der Waals surface area contributed by atoms with E-state index in [9.17, 15) is 0 Å². The molecule has 4 aliphatic carbocycles. The molecule has 1 aromatic rings. The Kier molecular flexibility index (Phi) is 4.00. The van der Waals surface area contributed by atoms with Crippen molar-refractivity contribution >= 4 is 0 Å². The van der Waals surface area contributed by atoms with E-state index >= 15 is 0 Å². The highest BCUT2D eigenvalue weighted by atomic mass is 14.3. The normalized spacial score (nSPS) is 25.3. The van der Waals surface area contributed by atoms with Gasteiger partial charge >= 0.3 is 0 Å². The van der Waals surface area contributed by atoms with Crippen LogP contribution in [0.1, 0.15) is 74.8 Å². The highest BCUT2D eigenvalue weighted by molar-refractivity contribution is 5.52. The molecule has 5 rings (SSSR count). The van der Waals surface area contributed by atoms with Crippen LogP contribution in [0.5, 0.6) is 0 Å². The smallest absolute Gasteiger partial charge is 0.0240 e. The summed E-state index contributed by atoms with van der Waals surface area (Å²) in [5, 5.41) is 0. The third-order valence-corrected chi connectivity index (χ3v) is 6.76. The van der Waals surface area contributed by atoms with E-state index in [1.807, 2.05) is 0 Å². The average molecular weight is 328 g/mol. The van der Waals surface area contributed by atoms with E-state index < -0.39 is 0 Å². The molecule has 0 aliphatic heterocycles. The summed E-state index contributed by atoms with van der Waals surface area (Å²) in [6.45, 7) is 0. The van der Waals surface area contributed by atoms with E-state index in [1.54, 1.807) is 39.0 Å². The van der Waals surface area contributed by atoms with Gasteiger partial charge in [-0.15, -0.1) is 0 Å². The minimum atomic E-state index is 0.549. The maximum Gasteiger partial charge on any atom is 0.0240 e. The molecule has 0 saturated carbocycles. The zero-order valence-corrected chi connectivity index (χ0v) is 15.2. The van der Waals surface area contributed by atoms with Gasteiger partial charge in [-0.2, -0.15) is 0 Å². The molecule has 0 heterocycles. The molecule has 4 aliphatic rings. The average Bonchev–Trinajstić information content (AvgIpc) is 3.27. The quantitative estimate of drug-likeness (QED) is 0.563. The Hall–Kier alpha value is -1.82. The third kappa shape index (κ3) is 2.76. The Bertz CT molecular complexity index is 812. The standard InChI is InChI=1S/C25H28/c1-4-10-22-18(7-1)13-14-21(22)17-20-9-3-6-12-24(20)25-16-15-19-8-2-5-11-23(19)25/h3,6,9,12,14-16,25H,1-2,4-5,7-8,10-11,13,17H2. The Morgan fingerprint density at radius 1 is 0.880 bits per heavy atom. The Labute approximate surface area is 152 Å². The molecule has 0 nitrogen and oxygen atoms in total. The van der Waals surface area contributed by atoms with Crippen molar-refractivity contribution in [3.8, 4) is 0 Å². The summed E-state index contributed by atoms with van der Waals surface area (Å²) < 4.78 is 0. The molecule has 1 unspecified atom stereocenters. The van der Waals surface area contributed by atoms with Crippen molar-refractivity contribution in [3.63, 3.8) is 0 Å². The molecule has 0 heteroatoms. The summed E-state index contributed by atoms with van der Waals surface area (Å²) in [5.41, 5.74) is 11.6. The zero-order valence-electron chi connectivity index (χ0n) is 15.2. The zero-order chi connectivity index (χ0) is 16.6. The van der Waals surface area contributed by atoms with Crippen molar-refractivity contribution < 1.29 is 0 Å². The SMILES string of the molecule is C1=CC(c2ccccc2CC2=CCC3=C2CCCC3)C2=C1CCCC2. The molecule has 0 saturated heterocycles. The van der Waals surface area contributed by atoms with Gasteiger partial charge in [0, 0.05) is 5.92 Å². The predicted molar refractivity (Wildman–Crippen MR) is 106 cm³/mol. The van der Waals surface area contributed by atoms with Gasteiger partial charge in [-0.25, -0.2) is 0 Å². The Balaban J connectivity index is 1.45. The second-order valence-corrected chi connectivity index (χ2v) is 8.19. The summed E-state index contributed by atoms with van der Waals surface area (Å²) in [7, 11) is 0. The fraction of sp³-hybridized carbons (Fsp3) is 0.440. The van der Waals surface area contributed by atoms with Crippen molar-refractivity contribution in [3.05, 3.63) is 81.5 Å². The lowest BCUT2D eigenvalue weighted by atomic mass is 9.81. The van der Waals surface area contributed by atoms with E-state index in [0.29, 0.717) is 5.92 Å². The summed E-state index contributed by atoms with van der Waals surface area (Å²) in [4.78, 5) is 0. The molecule has 0 N–H and O–H groups in total. The van der Waals surface area contributed by atoms with Crippen molar-refractivity contribution in [2.45, 2.75) is 70.1 Å². The van der Waals surface area contributed by atoms with Crippen LogP contribution in [-0.4, -0.2) is 0 Å². The minimum Gasteiger partial charge on any atom is -0.0766 e. The van der Waals surface area contributed by atoms with Crippen molar-refractivity contribution in [2.24, 2.45) is 0 Å². The van der Waals surface area contributed by atoms with Crippen LogP contribution in [0.2, 0.25) is 0 Å². The number of hydrogen-bond acceptors (Lipinski definition) is 0. The molecular weight excluding hydrogens is 300 g/mol. The number of benzene rings is 1. The molecule has 0 fully saturated rings. The molecule has 0 amide bonds. The number of allylic oxidation sites excluding steroid dienone is 8. The maximum absolute atomic E-state index is 2.53. The molecule has 0 aromatic heterocycles. The van der Waals surface area contributed by atoms with Gasteiger partial charge in [-0.1, -0.05) is 53.6 Å². The van der Waals surface area contributed by atoms with Crippen LogP contribution in [0.4, 0.5) is 0 Å². The lowest BCUT2D eigenvalue weighted by Crippen LogP contribution is -2.07. The van der Waals surface area contributed by atoms with Gasteiger partial charge in [0.25, 0.3) is 0 Å². The fourth-order valence-corrected chi connectivity index (χ4v) is 5.45. The topological polar surface area (TPSA) is 0 Å². The second-order valence-electron chi connectivity index (χ2n) is 8.19. The van der Waals surface area contributed by atoms with Crippen LogP contribution in [0, 0.1) is 0 Å². The first-order chi connectivity index (χ1) is 12.4. The molecule has 1 aromatic carbocycles. The summed E-state index contributed by atoms with van der Waals surface area (Å²) >= 11 is 0. The van der Waals surface area contributed by atoms with E-state index in [-0.39, 0.29) is 0 Å².